The number of hydrogen-bond acceptors (Lipinski definition) is 10. The third kappa shape index (κ3) is 6.03. The zero-order valence-electron chi connectivity index (χ0n) is 28.7. The van der Waals surface area contributed by atoms with Gasteiger partial charge in [0.15, 0.2) is 0 Å². The summed E-state index contributed by atoms with van der Waals surface area (Å²) in [5.74, 6) is 2.51. The van der Waals surface area contributed by atoms with Crippen LogP contribution in [0.15, 0.2) is 36.7 Å². The predicted octanol–water partition coefficient (Wildman–Crippen LogP) is 3.96. The number of likely N-dealkylation sites (tertiary alicyclic amines) is 2. The molecule has 4 N–H and O–H groups in total. The van der Waals surface area contributed by atoms with Crippen molar-refractivity contribution < 1.29 is 38.1 Å². The highest BCUT2D eigenvalue weighted by molar-refractivity contribution is 5.88. The molecule has 8 rings (SSSR count). The van der Waals surface area contributed by atoms with Crippen molar-refractivity contribution in [1.82, 2.24) is 40.4 Å². The molecule has 4 amide bonds. The fraction of sp³-hybridized carbons (Fsp3) is 0.389. The van der Waals surface area contributed by atoms with Crippen LogP contribution in [-0.2, 0) is 32.3 Å². The molecular weight excluding hydrogens is 672 g/mol. The summed E-state index contributed by atoms with van der Waals surface area (Å²) in [5, 5.41) is 4.93. The highest BCUT2D eigenvalue weighted by Gasteiger charge is 2.35. The van der Waals surface area contributed by atoms with E-state index < -0.39 is 12.2 Å². The first-order chi connectivity index (χ1) is 25.3. The van der Waals surface area contributed by atoms with Gasteiger partial charge in [-0.25, -0.2) is 19.6 Å². The lowest BCUT2D eigenvalue weighted by atomic mass is 9.87. The largest absolute Gasteiger partial charge is 0.488 e. The Morgan fingerprint density at radius 1 is 0.731 bits per heavy atom. The van der Waals surface area contributed by atoms with Gasteiger partial charge in [0.1, 0.15) is 49.5 Å². The van der Waals surface area contributed by atoms with E-state index in [4.69, 9.17) is 9.47 Å². The van der Waals surface area contributed by atoms with E-state index in [1.807, 2.05) is 12.1 Å². The van der Waals surface area contributed by atoms with E-state index in [-0.39, 0.29) is 37.0 Å². The van der Waals surface area contributed by atoms with Crippen molar-refractivity contribution in [1.29, 1.82) is 0 Å². The van der Waals surface area contributed by atoms with Crippen LogP contribution in [-0.4, -0.2) is 94.1 Å². The van der Waals surface area contributed by atoms with Crippen LogP contribution in [0.2, 0.25) is 0 Å². The summed E-state index contributed by atoms with van der Waals surface area (Å²) >= 11 is 0. The Labute approximate surface area is 298 Å². The quantitative estimate of drug-likeness (QED) is 0.208. The third-order valence-corrected chi connectivity index (χ3v) is 10.1. The number of nitrogens with zero attached hydrogens (tertiary/aromatic N) is 4. The Kier molecular flexibility index (Phi) is 8.64. The van der Waals surface area contributed by atoms with E-state index >= 15 is 0 Å². The fourth-order valence-electron chi connectivity index (χ4n) is 7.64. The zero-order chi connectivity index (χ0) is 35.9. The Morgan fingerprint density at radius 2 is 1.17 bits per heavy atom. The van der Waals surface area contributed by atoms with Gasteiger partial charge in [-0.05, 0) is 49.9 Å². The number of methoxy groups -OCH3 is 2. The maximum Gasteiger partial charge on any atom is 0.407 e. The Bertz CT molecular complexity index is 1880. The lowest BCUT2D eigenvalue weighted by molar-refractivity contribution is -0.132. The summed E-state index contributed by atoms with van der Waals surface area (Å²) < 4.78 is 21.9. The molecule has 0 saturated carbocycles. The van der Waals surface area contributed by atoms with Gasteiger partial charge >= 0.3 is 12.2 Å². The highest BCUT2D eigenvalue weighted by atomic mass is 16.5. The van der Waals surface area contributed by atoms with E-state index in [2.05, 4.69) is 52.2 Å². The number of alkyl carbamates (subject to hydrolysis) is 2. The van der Waals surface area contributed by atoms with E-state index in [1.54, 1.807) is 22.2 Å². The van der Waals surface area contributed by atoms with Gasteiger partial charge < -0.3 is 49.3 Å². The van der Waals surface area contributed by atoms with Crippen molar-refractivity contribution in [2.24, 2.45) is 0 Å². The van der Waals surface area contributed by atoms with Crippen molar-refractivity contribution in [3.63, 3.8) is 0 Å². The Balaban J connectivity index is 1.01. The van der Waals surface area contributed by atoms with Gasteiger partial charge in [-0.15, -0.1) is 0 Å². The molecule has 4 aromatic rings. The minimum absolute atomic E-state index is 0.142. The minimum Gasteiger partial charge on any atom is -0.488 e. The first-order valence-corrected chi connectivity index (χ1v) is 17.2. The van der Waals surface area contributed by atoms with E-state index in [1.165, 1.54) is 14.2 Å². The molecule has 0 aliphatic carbocycles. The van der Waals surface area contributed by atoms with Gasteiger partial charge in [-0.1, -0.05) is 0 Å². The lowest BCUT2D eigenvalue weighted by Crippen LogP contribution is -2.40. The average molecular weight is 711 g/mol. The lowest BCUT2D eigenvalue weighted by Gasteiger charge is -2.30. The van der Waals surface area contributed by atoms with Crippen molar-refractivity contribution in [2.45, 2.75) is 51.0 Å². The fourth-order valence-corrected chi connectivity index (χ4v) is 7.64. The monoisotopic (exact) mass is 710 g/mol. The SMILES string of the molecule is COC(=O)NCC(=O)N1CCCC1c1ncc(-c2cc3c4c(c2)OCc2cc(-c5cnc(C6CCCN6C(=O)CNC(=O)OC)[nH]5)cc(c2-4)OC3)[nH]1. The second kappa shape index (κ2) is 13.6. The van der Waals surface area contributed by atoms with Gasteiger partial charge in [0.05, 0.1) is 50.1 Å². The maximum atomic E-state index is 12.9. The summed E-state index contributed by atoms with van der Waals surface area (Å²) in [4.78, 5) is 68.3. The summed E-state index contributed by atoms with van der Waals surface area (Å²) in [7, 11) is 2.52. The molecule has 2 aromatic heterocycles. The molecule has 16 nitrogen and oxygen atoms in total. The molecule has 16 heteroatoms. The number of amides is 4. The van der Waals surface area contributed by atoms with Gasteiger partial charge in [-0.3, -0.25) is 9.59 Å². The van der Waals surface area contributed by atoms with Crippen molar-refractivity contribution in [3.8, 4) is 45.1 Å². The molecule has 2 atom stereocenters. The van der Waals surface area contributed by atoms with E-state index in [9.17, 15) is 19.2 Å². The van der Waals surface area contributed by atoms with Gasteiger partial charge in [-0.2, -0.15) is 0 Å². The summed E-state index contributed by atoms with van der Waals surface area (Å²) in [6.45, 7) is 1.58. The molecule has 0 bridgehead atoms. The van der Waals surface area contributed by atoms with Gasteiger partial charge in [0.25, 0.3) is 0 Å². The van der Waals surface area contributed by atoms with Gasteiger partial charge in [0, 0.05) is 46.5 Å². The molecule has 2 unspecified atom stereocenters. The molecule has 4 aliphatic heterocycles. The van der Waals surface area contributed by atoms with Crippen LogP contribution in [0, 0.1) is 0 Å². The van der Waals surface area contributed by atoms with Crippen LogP contribution in [0.1, 0.15) is 60.5 Å². The third-order valence-electron chi connectivity index (χ3n) is 10.1. The first kappa shape index (κ1) is 33.1. The van der Waals surface area contributed by atoms with Crippen molar-refractivity contribution in [3.05, 3.63) is 59.4 Å². The number of imidazole rings is 2. The molecule has 4 aliphatic rings. The number of rotatable bonds is 8. The average Bonchev–Trinajstić information content (AvgIpc) is 4.01. The molecule has 270 valence electrons. The zero-order valence-corrected chi connectivity index (χ0v) is 28.7. The smallest absolute Gasteiger partial charge is 0.407 e. The maximum absolute atomic E-state index is 12.9. The van der Waals surface area contributed by atoms with Crippen LogP contribution < -0.4 is 20.1 Å². The Hall–Kier alpha value is -6.06. The summed E-state index contributed by atoms with van der Waals surface area (Å²) in [5.41, 5.74) is 7.40. The van der Waals surface area contributed by atoms with E-state index in [0.717, 1.165) is 82.0 Å². The normalized spacial score (nSPS) is 18.3. The molecule has 6 heterocycles. The van der Waals surface area contributed by atoms with Gasteiger partial charge in [0.2, 0.25) is 11.8 Å². The minimum atomic E-state index is -0.648. The molecule has 2 fully saturated rings. The molecule has 0 spiro atoms. The number of ether oxygens (including phenoxy) is 4. The van der Waals surface area contributed by atoms with Crippen LogP contribution in [0.25, 0.3) is 33.6 Å². The first-order valence-electron chi connectivity index (χ1n) is 17.2. The topological polar surface area (TPSA) is 193 Å². The Morgan fingerprint density at radius 3 is 1.60 bits per heavy atom. The van der Waals surface area contributed by atoms with Crippen LogP contribution >= 0.6 is 0 Å². The van der Waals surface area contributed by atoms with Crippen molar-refractivity contribution in [2.75, 3.05) is 40.4 Å². The van der Waals surface area contributed by atoms with Crippen LogP contribution in [0.4, 0.5) is 9.59 Å². The predicted molar refractivity (Wildman–Crippen MR) is 184 cm³/mol. The number of carbonyl (C=O) groups excluding carboxylic acids is 4. The van der Waals surface area contributed by atoms with E-state index in [0.29, 0.717) is 38.0 Å². The highest BCUT2D eigenvalue weighted by Crippen LogP contribution is 2.51. The second-order valence-electron chi connectivity index (χ2n) is 13.1. The number of aromatic nitrogens is 4. The molecular formula is C36H38N8O8. The number of carbonyl (C=O) groups is 4. The molecule has 0 radical (unpaired) electrons. The number of H-pyrrole nitrogens is 2. The number of hydrogen-bond donors (Lipinski definition) is 4. The molecule has 2 aromatic carbocycles. The summed E-state index contributed by atoms with van der Waals surface area (Å²) in [6.07, 6.45) is 5.44. The van der Waals surface area contributed by atoms with Crippen molar-refractivity contribution >= 4 is 24.0 Å². The number of nitrogens with one attached hydrogen (secondary N) is 4. The molecule has 2 saturated heterocycles. The van der Waals surface area contributed by atoms with Crippen LogP contribution in [0.3, 0.4) is 0 Å². The molecule has 52 heavy (non-hydrogen) atoms. The number of aromatic amines is 2. The standard InChI is InChI=1S/C36H38N8O8/c1-49-35(47)39-15-29(45)43-7-3-5-25(43)33-37-13-23(41-33)19-9-21-17-52-28-12-20(10-22-18-51-27(11-19)31(21)32(22)28)24-14-38-34(42-24)26-6-4-8-44(26)30(46)16-40-36(48)50-2/h9-14,25-26H,3-8,15-18H2,1-2H3,(H,37,41)(H,38,42)(H,39,47)(H,40,48). The second-order valence-corrected chi connectivity index (χ2v) is 13.1. The number of benzene rings is 2. The van der Waals surface area contributed by atoms with Crippen LogP contribution in [0.5, 0.6) is 11.5 Å². The summed E-state index contributed by atoms with van der Waals surface area (Å²) in [6, 6.07) is 7.74.